The van der Waals surface area contributed by atoms with Crippen molar-refractivity contribution in [2.75, 3.05) is 0 Å². The van der Waals surface area contributed by atoms with Gasteiger partial charge in [-0.1, -0.05) is 117 Å². The van der Waals surface area contributed by atoms with Crippen LogP contribution in [0.5, 0.6) is 0 Å². The number of pyridine rings is 1. The van der Waals surface area contributed by atoms with Gasteiger partial charge in [-0.2, -0.15) is 0 Å². The number of aromatic nitrogens is 1. The van der Waals surface area contributed by atoms with Gasteiger partial charge in [-0.25, -0.2) is 0 Å². The van der Waals surface area contributed by atoms with Crippen molar-refractivity contribution in [1.29, 1.82) is 0 Å². The molecule has 3 aromatic carbocycles. The fourth-order valence-corrected chi connectivity index (χ4v) is 9.08. The number of rotatable bonds is 9. The van der Waals surface area contributed by atoms with Crippen LogP contribution in [0.1, 0.15) is 149 Å². The number of allylic oxidation sites excluding steroid dienone is 2. The summed E-state index contributed by atoms with van der Waals surface area (Å²) in [5, 5.41) is 13.6. The zero-order chi connectivity index (χ0) is 37.9. The molecule has 1 saturated carbocycles. The molecule has 1 N–H and O–H groups in total. The molecule has 1 aromatic heterocycles. The summed E-state index contributed by atoms with van der Waals surface area (Å²) in [5.41, 5.74) is 9.44. The molecule has 1 heterocycles. The number of carbonyl (C=O) groups excluding carboxylic acids is 1. The monoisotopic (exact) mass is 881 g/mol. The molecule has 5 rings (SSSR count). The zero-order valence-electron chi connectivity index (χ0n) is 34.5. The Morgan fingerprint density at radius 2 is 1.48 bits per heavy atom. The molecular formula is C48H66IrNO2-. The van der Waals surface area contributed by atoms with Crippen LogP contribution in [0.2, 0.25) is 0 Å². The Hall–Kier alpha value is -2.81. The Balaban J connectivity index is 0.000000389. The summed E-state index contributed by atoms with van der Waals surface area (Å²) >= 11 is 0. The van der Waals surface area contributed by atoms with Crippen molar-refractivity contribution in [3.63, 3.8) is 0 Å². The number of hydrogen-bond donors (Lipinski definition) is 1. The van der Waals surface area contributed by atoms with Crippen LogP contribution in [0.15, 0.2) is 60.4 Å². The number of ketones is 1. The van der Waals surface area contributed by atoms with Gasteiger partial charge in [0.1, 0.15) is 0 Å². The molecule has 4 heteroatoms. The zero-order valence-corrected chi connectivity index (χ0v) is 36.9. The Morgan fingerprint density at radius 1 is 0.904 bits per heavy atom. The standard InChI is InChI=1S/C35H42N.C13H24O2.Ir/c1-22-14-23(2)32-28(26-19-34(6,7)21-35(8,9)20-26)18-30(36-31(32)15-22)25-16-24-12-10-11-13-27(24)29(17-25)33(3,4)5;1-5-10(6-2)12(14)9-13(15)11(7-3)8-4;/h10-15,17-18,26H,19-21H2,1-9H3;9-11,14H,5-8H2,1-4H3;/q-1;;/b;12-9-;. The van der Waals surface area contributed by atoms with Crippen molar-refractivity contribution >= 4 is 27.5 Å². The van der Waals surface area contributed by atoms with Crippen molar-refractivity contribution in [1.82, 2.24) is 4.98 Å². The van der Waals surface area contributed by atoms with E-state index in [1.165, 1.54) is 63.8 Å². The minimum Gasteiger partial charge on any atom is -0.512 e. The molecule has 1 radical (unpaired) electrons. The third-order valence-corrected chi connectivity index (χ3v) is 11.2. The maximum atomic E-state index is 11.7. The minimum absolute atomic E-state index is 0. The molecule has 0 bridgehead atoms. The molecular weight excluding hydrogens is 815 g/mol. The van der Waals surface area contributed by atoms with E-state index in [-0.39, 0.29) is 48.9 Å². The molecule has 0 unspecified atom stereocenters. The van der Waals surface area contributed by atoms with Crippen LogP contribution in [-0.2, 0) is 30.3 Å². The van der Waals surface area contributed by atoms with E-state index >= 15 is 0 Å². The number of nitrogens with zero attached hydrogens (tertiary/aromatic N) is 1. The normalized spacial score (nSPS) is 16.2. The van der Waals surface area contributed by atoms with Crippen LogP contribution in [0.25, 0.3) is 32.9 Å². The van der Waals surface area contributed by atoms with E-state index < -0.39 is 0 Å². The van der Waals surface area contributed by atoms with Crippen molar-refractivity contribution < 1.29 is 30.0 Å². The topological polar surface area (TPSA) is 50.2 Å². The number of aliphatic hydroxyl groups excluding tert-OH is 1. The van der Waals surface area contributed by atoms with Gasteiger partial charge in [0.2, 0.25) is 0 Å². The average Bonchev–Trinajstić information content (AvgIpc) is 3.03. The smallest absolute Gasteiger partial charge is 0.162 e. The molecule has 0 saturated heterocycles. The number of aryl methyl sites for hydroxylation is 2. The van der Waals surface area contributed by atoms with Crippen LogP contribution >= 0.6 is 0 Å². The fourth-order valence-electron chi connectivity index (χ4n) is 9.08. The van der Waals surface area contributed by atoms with Gasteiger partial charge in [-0.3, -0.25) is 9.78 Å². The molecule has 1 aliphatic carbocycles. The molecule has 285 valence electrons. The van der Waals surface area contributed by atoms with Gasteiger partial charge in [-0.15, -0.1) is 29.1 Å². The van der Waals surface area contributed by atoms with E-state index in [0.29, 0.717) is 16.7 Å². The Labute approximate surface area is 329 Å². The van der Waals surface area contributed by atoms with Gasteiger partial charge in [-0.05, 0) is 104 Å². The van der Waals surface area contributed by atoms with Gasteiger partial charge in [0.25, 0.3) is 0 Å². The van der Waals surface area contributed by atoms with E-state index in [1.54, 1.807) is 0 Å². The Kier molecular flexibility index (Phi) is 14.7. The summed E-state index contributed by atoms with van der Waals surface area (Å²) < 4.78 is 0. The second-order valence-corrected chi connectivity index (χ2v) is 18.1. The summed E-state index contributed by atoms with van der Waals surface area (Å²) in [6, 6.07) is 21.8. The minimum atomic E-state index is 0. The summed E-state index contributed by atoms with van der Waals surface area (Å²) in [5.74, 6) is 1.07. The average molecular weight is 881 g/mol. The van der Waals surface area contributed by atoms with Crippen molar-refractivity contribution in [3.05, 3.63) is 88.7 Å². The van der Waals surface area contributed by atoms with Crippen LogP contribution < -0.4 is 0 Å². The number of carbonyl (C=O) groups is 1. The van der Waals surface area contributed by atoms with Gasteiger partial charge < -0.3 is 5.11 Å². The third kappa shape index (κ3) is 10.4. The molecule has 0 amide bonds. The van der Waals surface area contributed by atoms with Crippen LogP contribution in [-0.4, -0.2) is 15.9 Å². The SMILES string of the molecule is CCC(CC)C(=O)/C=C(\O)C(CC)CC.Cc1cc(C)c2c(C3CC(C)(C)CC(C)(C)C3)cc(-c3[c-]c4ccccc4c(C(C)(C)C)c3)nc2c1.[Ir]. The van der Waals surface area contributed by atoms with E-state index in [4.69, 9.17) is 4.98 Å². The predicted octanol–water partition coefficient (Wildman–Crippen LogP) is 14.0. The van der Waals surface area contributed by atoms with Gasteiger partial charge in [0, 0.05) is 49.1 Å². The first-order valence-corrected chi connectivity index (χ1v) is 19.6. The molecule has 0 atom stereocenters. The van der Waals surface area contributed by atoms with Crippen LogP contribution in [0.4, 0.5) is 0 Å². The first kappa shape index (κ1) is 43.6. The third-order valence-electron chi connectivity index (χ3n) is 11.2. The first-order chi connectivity index (χ1) is 23.8. The van der Waals surface area contributed by atoms with Crippen molar-refractivity contribution in [3.8, 4) is 11.3 Å². The summed E-state index contributed by atoms with van der Waals surface area (Å²) in [7, 11) is 0. The van der Waals surface area contributed by atoms with Gasteiger partial charge in [0.05, 0.1) is 11.3 Å². The summed E-state index contributed by atoms with van der Waals surface area (Å²) in [4.78, 5) is 17.0. The molecule has 52 heavy (non-hydrogen) atoms. The van der Waals surface area contributed by atoms with Crippen LogP contribution in [0.3, 0.4) is 0 Å². The molecule has 1 fully saturated rings. The van der Waals surface area contributed by atoms with Crippen molar-refractivity contribution in [2.24, 2.45) is 22.7 Å². The largest absolute Gasteiger partial charge is 0.512 e. The first-order valence-electron chi connectivity index (χ1n) is 19.6. The number of benzene rings is 3. The van der Waals surface area contributed by atoms with E-state index in [2.05, 4.69) is 117 Å². The van der Waals surface area contributed by atoms with Crippen LogP contribution in [0, 0.1) is 42.6 Å². The van der Waals surface area contributed by atoms with Gasteiger partial charge >= 0.3 is 0 Å². The second kappa shape index (κ2) is 17.6. The van der Waals surface area contributed by atoms with E-state index in [0.717, 1.165) is 42.5 Å². The van der Waals surface area contributed by atoms with E-state index in [9.17, 15) is 9.90 Å². The number of aliphatic hydroxyl groups is 1. The van der Waals surface area contributed by atoms with Gasteiger partial charge in [0.15, 0.2) is 5.78 Å². The van der Waals surface area contributed by atoms with E-state index in [1.807, 2.05) is 27.7 Å². The molecule has 1 aliphatic rings. The maximum absolute atomic E-state index is 11.7. The summed E-state index contributed by atoms with van der Waals surface area (Å²) in [6.07, 6.45) is 8.62. The fraction of sp³-hybridized carbons (Fsp3) is 0.542. The Morgan fingerprint density at radius 3 is 2.04 bits per heavy atom. The van der Waals surface area contributed by atoms with Crippen molar-refractivity contribution in [2.45, 2.75) is 146 Å². The number of fused-ring (bicyclic) bond motifs is 2. The summed E-state index contributed by atoms with van der Waals surface area (Å²) in [6.45, 7) is 29.2. The maximum Gasteiger partial charge on any atom is 0.162 e. The second-order valence-electron chi connectivity index (χ2n) is 18.1. The quantitative estimate of drug-likeness (QED) is 0.104. The number of hydrogen-bond acceptors (Lipinski definition) is 3. The predicted molar refractivity (Wildman–Crippen MR) is 220 cm³/mol. The Bertz CT molecular complexity index is 1850. The molecule has 0 aliphatic heterocycles. The molecule has 4 aromatic rings. The molecule has 3 nitrogen and oxygen atoms in total. The molecule has 0 spiro atoms.